The summed E-state index contributed by atoms with van der Waals surface area (Å²) in [5.74, 6) is -0.547. The quantitative estimate of drug-likeness (QED) is 0.813. The van der Waals surface area contributed by atoms with Gasteiger partial charge in [-0.05, 0) is 25.0 Å². The highest BCUT2D eigenvalue weighted by Crippen LogP contribution is 2.22. The van der Waals surface area contributed by atoms with Crippen LogP contribution in [0.3, 0.4) is 0 Å². The first-order valence-corrected chi connectivity index (χ1v) is 7.48. The van der Waals surface area contributed by atoms with Crippen molar-refractivity contribution in [2.75, 3.05) is 0 Å². The normalized spacial score (nSPS) is 10.7. The van der Waals surface area contributed by atoms with E-state index in [1.807, 2.05) is 6.07 Å². The molecule has 122 valence electrons. The fourth-order valence-corrected chi connectivity index (χ4v) is 2.24. The Bertz CT molecular complexity index is 675. The Balaban J connectivity index is 1.95. The van der Waals surface area contributed by atoms with E-state index in [1.54, 1.807) is 0 Å². The Morgan fingerprint density at radius 2 is 2.04 bits per heavy atom. The Labute approximate surface area is 133 Å². The minimum atomic E-state index is -1.13. The summed E-state index contributed by atoms with van der Waals surface area (Å²) in [4.78, 5) is 26.4. The molecule has 0 radical (unpaired) electrons. The molecule has 0 aliphatic carbocycles. The van der Waals surface area contributed by atoms with Crippen LogP contribution in [0.25, 0.3) is 0 Å². The third-order valence-corrected chi connectivity index (χ3v) is 3.65. The van der Waals surface area contributed by atoms with E-state index in [1.165, 1.54) is 18.3 Å². The van der Waals surface area contributed by atoms with Crippen LogP contribution in [-0.2, 0) is 6.54 Å². The summed E-state index contributed by atoms with van der Waals surface area (Å²) < 4.78 is 5.23. The second-order valence-corrected chi connectivity index (χ2v) is 5.15. The number of carbonyl (C=O) groups excluding carboxylic acids is 1. The number of aromatic nitrogens is 2. The van der Waals surface area contributed by atoms with E-state index >= 15 is 0 Å². The van der Waals surface area contributed by atoms with Crippen LogP contribution in [-0.4, -0.2) is 27.1 Å². The maximum atomic E-state index is 12.0. The van der Waals surface area contributed by atoms with Crippen molar-refractivity contribution in [1.82, 2.24) is 15.5 Å². The van der Waals surface area contributed by atoms with Crippen LogP contribution < -0.4 is 5.32 Å². The van der Waals surface area contributed by atoms with Crippen molar-refractivity contribution in [2.45, 2.75) is 39.2 Å². The van der Waals surface area contributed by atoms with Gasteiger partial charge >= 0.3 is 5.97 Å². The largest absolute Gasteiger partial charge is 0.477 e. The molecule has 0 aliphatic rings. The maximum absolute atomic E-state index is 12.0. The van der Waals surface area contributed by atoms with E-state index in [2.05, 4.69) is 29.3 Å². The summed E-state index contributed by atoms with van der Waals surface area (Å²) in [7, 11) is 0. The molecule has 2 aromatic heterocycles. The molecule has 0 aliphatic heterocycles. The van der Waals surface area contributed by atoms with Crippen molar-refractivity contribution in [3.05, 3.63) is 47.1 Å². The van der Waals surface area contributed by atoms with E-state index in [0.29, 0.717) is 11.7 Å². The molecule has 7 nitrogen and oxygen atoms in total. The number of rotatable bonds is 7. The monoisotopic (exact) mass is 317 g/mol. The summed E-state index contributed by atoms with van der Waals surface area (Å²) in [6, 6.07) is 4.56. The molecule has 1 amide bonds. The summed E-state index contributed by atoms with van der Waals surface area (Å²) in [5, 5.41) is 15.5. The third-order valence-electron chi connectivity index (χ3n) is 3.65. The van der Waals surface area contributed by atoms with Crippen molar-refractivity contribution in [3.8, 4) is 0 Å². The van der Waals surface area contributed by atoms with Gasteiger partial charge in [0.05, 0.1) is 17.8 Å². The number of nitrogens with one attached hydrogen (secondary N) is 1. The van der Waals surface area contributed by atoms with Gasteiger partial charge in [-0.2, -0.15) is 0 Å². The second-order valence-electron chi connectivity index (χ2n) is 5.15. The van der Waals surface area contributed by atoms with Gasteiger partial charge in [-0.1, -0.05) is 19.0 Å². The molecule has 0 aromatic carbocycles. The smallest absolute Gasteiger partial charge is 0.354 e. The van der Waals surface area contributed by atoms with E-state index < -0.39 is 5.97 Å². The topological polar surface area (TPSA) is 105 Å². The van der Waals surface area contributed by atoms with Crippen LogP contribution in [0.15, 0.2) is 28.9 Å². The van der Waals surface area contributed by atoms with Gasteiger partial charge in [0, 0.05) is 18.2 Å². The minimum absolute atomic E-state index is 0.105. The first-order chi connectivity index (χ1) is 11.0. The minimum Gasteiger partial charge on any atom is -0.477 e. The van der Waals surface area contributed by atoms with Gasteiger partial charge < -0.3 is 14.9 Å². The molecule has 0 atom stereocenters. The van der Waals surface area contributed by atoms with Crippen molar-refractivity contribution in [3.63, 3.8) is 0 Å². The molecule has 23 heavy (non-hydrogen) atoms. The number of carbonyl (C=O) groups is 2. The molecule has 0 saturated carbocycles. The zero-order valence-corrected chi connectivity index (χ0v) is 13.1. The van der Waals surface area contributed by atoms with E-state index in [-0.39, 0.29) is 23.7 Å². The van der Waals surface area contributed by atoms with Crippen LogP contribution in [0.5, 0.6) is 0 Å². The van der Waals surface area contributed by atoms with Crippen molar-refractivity contribution < 1.29 is 19.2 Å². The van der Waals surface area contributed by atoms with Crippen molar-refractivity contribution in [1.29, 1.82) is 0 Å². The Morgan fingerprint density at radius 3 is 2.61 bits per heavy atom. The van der Waals surface area contributed by atoms with Crippen LogP contribution in [0, 0.1) is 0 Å². The van der Waals surface area contributed by atoms with Crippen LogP contribution in [0.4, 0.5) is 0 Å². The highest BCUT2D eigenvalue weighted by molar-refractivity contribution is 5.94. The lowest BCUT2D eigenvalue weighted by molar-refractivity contribution is 0.0689. The Hall–Kier alpha value is -2.70. The van der Waals surface area contributed by atoms with Gasteiger partial charge in [-0.15, -0.1) is 0 Å². The molecule has 0 fully saturated rings. The van der Waals surface area contributed by atoms with Crippen LogP contribution in [0.1, 0.15) is 64.9 Å². The number of amides is 1. The molecule has 2 rings (SSSR count). The lowest BCUT2D eigenvalue weighted by atomic mass is 9.99. The number of aromatic carboxylic acids is 1. The number of carboxylic acids is 1. The standard InChI is InChI=1S/C16H19N3O4/c1-3-10(4-2)14-7-12(23-19-14)9-18-15(20)11-5-6-13(16(21)22)17-8-11/h5-8,10H,3-4,9H2,1-2H3,(H,18,20)(H,21,22). The molecule has 0 spiro atoms. The zero-order chi connectivity index (χ0) is 16.8. The average molecular weight is 317 g/mol. The fraction of sp³-hybridized carbons (Fsp3) is 0.375. The van der Waals surface area contributed by atoms with Gasteiger partial charge in [-0.3, -0.25) is 4.79 Å². The number of carboxylic acid groups (broad SMARTS) is 1. The molecule has 7 heteroatoms. The highest BCUT2D eigenvalue weighted by atomic mass is 16.5. The SMILES string of the molecule is CCC(CC)c1cc(CNC(=O)c2ccc(C(=O)O)nc2)on1. The van der Waals surface area contributed by atoms with Gasteiger partial charge in [0.15, 0.2) is 5.76 Å². The Morgan fingerprint density at radius 1 is 1.30 bits per heavy atom. The van der Waals surface area contributed by atoms with Gasteiger partial charge in [0.25, 0.3) is 5.91 Å². The third kappa shape index (κ3) is 4.15. The second kappa shape index (κ2) is 7.53. The first-order valence-electron chi connectivity index (χ1n) is 7.48. The molecule has 2 heterocycles. The molecule has 2 aromatic rings. The first kappa shape index (κ1) is 16.7. The van der Waals surface area contributed by atoms with E-state index in [4.69, 9.17) is 9.63 Å². The number of hydrogen-bond acceptors (Lipinski definition) is 5. The molecule has 0 unspecified atom stereocenters. The number of hydrogen-bond donors (Lipinski definition) is 2. The van der Waals surface area contributed by atoms with Crippen molar-refractivity contribution in [2.24, 2.45) is 0 Å². The molecular formula is C16H19N3O4. The zero-order valence-electron chi connectivity index (χ0n) is 13.1. The molecular weight excluding hydrogens is 298 g/mol. The molecule has 2 N–H and O–H groups in total. The number of nitrogens with zero attached hydrogens (tertiary/aromatic N) is 2. The Kier molecular flexibility index (Phi) is 5.46. The summed E-state index contributed by atoms with van der Waals surface area (Å²) in [5.41, 5.74) is 1.08. The van der Waals surface area contributed by atoms with Gasteiger partial charge in [0.2, 0.25) is 0 Å². The van der Waals surface area contributed by atoms with Crippen LogP contribution in [0.2, 0.25) is 0 Å². The lowest BCUT2D eigenvalue weighted by Gasteiger charge is -2.06. The molecule has 0 bridgehead atoms. The summed E-state index contributed by atoms with van der Waals surface area (Å²) in [6.07, 6.45) is 3.20. The summed E-state index contributed by atoms with van der Waals surface area (Å²) >= 11 is 0. The van der Waals surface area contributed by atoms with Gasteiger partial charge in [0.1, 0.15) is 5.69 Å². The fourth-order valence-electron chi connectivity index (χ4n) is 2.24. The van der Waals surface area contributed by atoms with Crippen LogP contribution >= 0.6 is 0 Å². The number of pyridine rings is 1. The van der Waals surface area contributed by atoms with Crippen molar-refractivity contribution >= 4 is 11.9 Å². The van der Waals surface area contributed by atoms with Gasteiger partial charge in [-0.25, -0.2) is 9.78 Å². The maximum Gasteiger partial charge on any atom is 0.354 e. The lowest BCUT2D eigenvalue weighted by Crippen LogP contribution is -2.22. The van der Waals surface area contributed by atoms with E-state index in [9.17, 15) is 9.59 Å². The molecule has 0 saturated heterocycles. The average Bonchev–Trinajstić information content (AvgIpc) is 3.02. The predicted molar refractivity (Wildman–Crippen MR) is 82.2 cm³/mol. The predicted octanol–water partition coefficient (Wildman–Crippen LogP) is 2.60. The highest BCUT2D eigenvalue weighted by Gasteiger charge is 2.14. The summed E-state index contributed by atoms with van der Waals surface area (Å²) in [6.45, 7) is 4.41. The van der Waals surface area contributed by atoms with E-state index in [0.717, 1.165) is 18.5 Å².